The molecule has 4 bridgehead atoms. The topological polar surface area (TPSA) is 167 Å². The van der Waals surface area contributed by atoms with Crippen molar-refractivity contribution in [1.29, 1.82) is 0 Å². The molecule has 0 aromatic carbocycles. The first-order valence-electron chi connectivity index (χ1n) is 20.3. The number of allylic oxidation sites excluding steroid dienone is 2. The van der Waals surface area contributed by atoms with Crippen molar-refractivity contribution >= 4 is 24.0 Å². The molecule has 4 fully saturated rings. The maximum Gasteiger partial charge on any atom is 0.258 e. The molecule has 12 nitrogen and oxygen atoms in total. The lowest BCUT2D eigenvalue weighted by Crippen LogP contribution is -2.44. The smallest absolute Gasteiger partial charge is 0.258 e. The number of carbonyl (C=O) groups is 2. The van der Waals surface area contributed by atoms with Gasteiger partial charge in [0.2, 0.25) is 11.8 Å². The zero-order valence-electron chi connectivity index (χ0n) is 31.7. The Balaban J connectivity index is 0.000000167. The van der Waals surface area contributed by atoms with Gasteiger partial charge >= 0.3 is 0 Å². The summed E-state index contributed by atoms with van der Waals surface area (Å²) in [5.74, 6) is -1.02. The van der Waals surface area contributed by atoms with Crippen LogP contribution in [0.1, 0.15) is 113 Å². The molecule has 2 aliphatic carbocycles. The van der Waals surface area contributed by atoms with Crippen molar-refractivity contribution in [3.05, 3.63) is 79.6 Å². The average Bonchev–Trinajstić information content (AvgIpc) is 3.66. The van der Waals surface area contributed by atoms with Crippen molar-refractivity contribution < 1.29 is 19.8 Å². The maximum absolute atomic E-state index is 13.1. The third kappa shape index (κ3) is 7.42. The SMILES string of the molecule is C/C=C/c1ccc2n(c1=O)C[C@@H]1N[C@H]2[C@H](C(=O)NC2CCCCC2)[C@H]1CO.C/C=C\c1ccc2n(c1=O)C[C@@H]1N[C@H]2[C@H](C(=O)NC2CCCCC2)[C@H]1CO. The Hall–Kier alpha value is -3.84. The highest BCUT2D eigenvalue weighted by Crippen LogP contribution is 2.42. The quantitative estimate of drug-likeness (QED) is 0.240. The number of hydrogen-bond acceptors (Lipinski definition) is 8. The van der Waals surface area contributed by atoms with Crippen molar-refractivity contribution in [3.63, 3.8) is 0 Å². The molecule has 8 atom stereocenters. The van der Waals surface area contributed by atoms with Crippen LogP contribution < -0.4 is 32.4 Å². The molecule has 0 radical (unpaired) electrons. The molecule has 2 aromatic rings. The van der Waals surface area contributed by atoms with Gasteiger partial charge < -0.3 is 40.6 Å². The van der Waals surface area contributed by atoms with Gasteiger partial charge in [0.25, 0.3) is 11.1 Å². The van der Waals surface area contributed by atoms with E-state index in [1.807, 2.05) is 62.4 Å². The Morgan fingerprint density at radius 2 is 1.06 bits per heavy atom. The second-order valence-electron chi connectivity index (χ2n) is 16.2. The van der Waals surface area contributed by atoms with E-state index in [0.29, 0.717) is 24.2 Å². The first-order valence-corrected chi connectivity index (χ1v) is 20.3. The summed E-state index contributed by atoms with van der Waals surface area (Å²) < 4.78 is 3.58. The van der Waals surface area contributed by atoms with E-state index in [1.54, 1.807) is 9.13 Å². The molecule has 2 saturated carbocycles. The number of carbonyl (C=O) groups excluding carboxylic acids is 2. The van der Waals surface area contributed by atoms with Crippen molar-refractivity contribution in [2.75, 3.05) is 13.2 Å². The minimum Gasteiger partial charge on any atom is -0.396 e. The largest absolute Gasteiger partial charge is 0.396 e. The predicted molar refractivity (Wildman–Crippen MR) is 208 cm³/mol. The first kappa shape index (κ1) is 38.4. The van der Waals surface area contributed by atoms with Crippen molar-refractivity contribution in [2.45, 2.75) is 127 Å². The highest BCUT2D eigenvalue weighted by molar-refractivity contribution is 5.81. The fourth-order valence-corrected chi connectivity index (χ4v) is 10.2. The summed E-state index contributed by atoms with van der Waals surface area (Å²) >= 11 is 0. The van der Waals surface area contributed by atoms with Gasteiger partial charge in [-0.3, -0.25) is 19.2 Å². The number of pyridine rings is 2. The Bertz CT molecular complexity index is 1720. The first-order chi connectivity index (χ1) is 26.3. The zero-order valence-corrected chi connectivity index (χ0v) is 31.7. The average molecular weight is 743 g/mol. The Labute approximate surface area is 317 Å². The normalized spacial score (nSPS) is 30.4. The number of aliphatic hydroxyl groups excluding tert-OH is 2. The predicted octanol–water partition coefficient (Wildman–Crippen LogP) is 3.16. The maximum atomic E-state index is 13.1. The number of fused-ring (bicyclic) bond motifs is 8. The van der Waals surface area contributed by atoms with Gasteiger partial charge in [-0.2, -0.15) is 0 Å². The summed E-state index contributed by atoms with van der Waals surface area (Å²) in [6.07, 6.45) is 18.6. The monoisotopic (exact) mass is 742 g/mol. The summed E-state index contributed by atoms with van der Waals surface area (Å²) in [5.41, 5.74) is 2.98. The second kappa shape index (κ2) is 16.9. The lowest BCUT2D eigenvalue weighted by molar-refractivity contribution is -0.128. The molecule has 6 heterocycles. The number of nitrogens with zero attached hydrogens (tertiary/aromatic N) is 2. The molecule has 2 amide bonds. The van der Waals surface area contributed by atoms with Crippen LogP contribution in [0.3, 0.4) is 0 Å². The Morgan fingerprint density at radius 1 is 0.667 bits per heavy atom. The molecule has 54 heavy (non-hydrogen) atoms. The minimum atomic E-state index is -0.345. The van der Waals surface area contributed by atoms with E-state index in [2.05, 4.69) is 21.3 Å². The van der Waals surface area contributed by atoms with Gasteiger partial charge in [0.1, 0.15) is 0 Å². The van der Waals surface area contributed by atoms with E-state index < -0.39 is 0 Å². The van der Waals surface area contributed by atoms with E-state index in [9.17, 15) is 29.4 Å². The summed E-state index contributed by atoms with van der Waals surface area (Å²) in [7, 11) is 0. The van der Waals surface area contributed by atoms with E-state index in [4.69, 9.17) is 0 Å². The molecule has 2 aromatic heterocycles. The molecule has 6 N–H and O–H groups in total. The fraction of sp³-hybridized carbons (Fsp3) is 0.619. The fourth-order valence-electron chi connectivity index (χ4n) is 10.2. The van der Waals surface area contributed by atoms with Crippen LogP contribution in [-0.4, -0.2) is 68.5 Å². The van der Waals surface area contributed by atoms with Gasteiger partial charge in [0, 0.05) is 84.8 Å². The lowest BCUT2D eigenvalue weighted by atomic mass is 9.85. The van der Waals surface area contributed by atoms with Gasteiger partial charge in [-0.25, -0.2) is 0 Å². The number of aliphatic hydroxyl groups is 2. The van der Waals surface area contributed by atoms with E-state index in [1.165, 1.54) is 12.8 Å². The number of aromatic nitrogens is 2. The second-order valence-corrected chi connectivity index (χ2v) is 16.2. The van der Waals surface area contributed by atoms with Crippen LogP contribution in [0.2, 0.25) is 0 Å². The number of nitrogens with one attached hydrogen (secondary N) is 4. The summed E-state index contributed by atoms with van der Waals surface area (Å²) in [5, 5.41) is 33.5. The van der Waals surface area contributed by atoms with Gasteiger partial charge in [-0.1, -0.05) is 62.8 Å². The highest BCUT2D eigenvalue weighted by Gasteiger charge is 2.52. The molecule has 4 aliphatic heterocycles. The van der Waals surface area contributed by atoms with Crippen molar-refractivity contribution in [1.82, 2.24) is 30.4 Å². The number of rotatable bonds is 8. The van der Waals surface area contributed by atoms with E-state index in [-0.39, 0.29) is 96.1 Å². The van der Waals surface area contributed by atoms with Gasteiger partial charge in [0.15, 0.2) is 0 Å². The molecule has 12 heteroatoms. The summed E-state index contributed by atoms with van der Waals surface area (Å²) in [6.45, 7) is 4.66. The third-order valence-electron chi connectivity index (χ3n) is 13.0. The summed E-state index contributed by atoms with van der Waals surface area (Å²) in [6, 6.07) is 7.47. The molecule has 292 valence electrons. The summed E-state index contributed by atoms with van der Waals surface area (Å²) in [4.78, 5) is 51.9. The van der Waals surface area contributed by atoms with Crippen LogP contribution in [-0.2, 0) is 22.7 Å². The van der Waals surface area contributed by atoms with Crippen LogP contribution >= 0.6 is 0 Å². The zero-order chi connectivity index (χ0) is 37.9. The van der Waals surface area contributed by atoms with Crippen LogP contribution in [0.4, 0.5) is 0 Å². The Kier molecular flexibility index (Phi) is 12.0. The molecule has 0 spiro atoms. The van der Waals surface area contributed by atoms with Gasteiger partial charge in [0.05, 0.1) is 23.9 Å². The van der Waals surface area contributed by atoms with Crippen molar-refractivity contribution in [2.24, 2.45) is 23.7 Å². The third-order valence-corrected chi connectivity index (χ3v) is 13.0. The molecular formula is C42H58N6O6. The van der Waals surface area contributed by atoms with Crippen LogP contribution in [0.15, 0.2) is 46.0 Å². The number of hydrogen-bond donors (Lipinski definition) is 6. The van der Waals surface area contributed by atoms with E-state index in [0.717, 1.165) is 62.8 Å². The standard InChI is InChI=1S/2C21H29N3O3/c2*1-2-6-13-9-10-17-19-18(20(26)22-14-7-4-3-5-8-14)15(12-25)16(23-19)11-24(17)21(13)27/h2*2,6,9-10,14-16,18-19,23,25H,3-5,7-8,11-12H2,1H3,(H,22,26)/b6-2+;6-2-/t2*15-,16-,18+,19+/m00/s1. The molecule has 2 saturated heterocycles. The van der Waals surface area contributed by atoms with Gasteiger partial charge in [-0.15, -0.1) is 0 Å². The Morgan fingerprint density at radius 3 is 1.41 bits per heavy atom. The molecule has 0 unspecified atom stereocenters. The molecular weight excluding hydrogens is 684 g/mol. The number of amides is 2. The minimum absolute atomic E-state index is 0.0133. The van der Waals surface area contributed by atoms with Gasteiger partial charge in [-0.05, 0) is 63.8 Å². The van der Waals surface area contributed by atoms with Crippen molar-refractivity contribution in [3.8, 4) is 0 Å². The van der Waals surface area contributed by atoms with Crippen LogP contribution in [0.5, 0.6) is 0 Å². The van der Waals surface area contributed by atoms with E-state index >= 15 is 0 Å². The molecule has 6 aliphatic rings. The lowest BCUT2D eigenvalue weighted by Gasteiger charge is -2.29. The molecule has 8 rings (SSSR count). The highest BCUT2D eigenvalue weighted by atomic mass is 16.3. The van der Waals surface area contributed by atoms with Crippen LogP contribution in [0.25, 0.3) is 12.2 Å². The van der Waals surface area contributed by atoms with Crippen LogP contribution in [0, 0.1) is 23.7 Å².